The predicted octanol–water partition coefficient (Wildman–Crippen LogP) is 6.62. The van der Waals surface area contributed by atoms with Crippen molar-refractivity contribution in [3.05, 3.63) is 70.0 Å². The van der Waals surface area contributed by atoms with E-state index >= 15 is 0 Å². The molecule has 1 aromatic carbocycles. The molecule has 2 aromatic rings. The topological polar surface area (TPSA) is 68.7 Å². The highest BCUT2D eigenvalue weighted by Gasteiger charge is 2.61. The van der Waals surface area contributed by atoms with Gasteiger partial charge >= 0.3 is 6.09 Å². The van der Waals surface area contributed by atoms with Gasteiger partial charge in [-0.2, -0.15) is 0 Å². The van der Waals surface area contributed by atoms with E-state index < -0.39 is 23.2 Å². The van der Waals surface area contributed by atoms with Gasteiger partial charge in [0.15, 0.2) is 0 Å². The van der Waals surface area contributed by atoms with E-state index in [1.165, 1.54) is 4.90 Å². The molecule has 1 fully saturated rings. The van der Waals surface area contributed by atoms with Crippen molar-refractivity contribution < 1.29 is 19.1 Å². The SMILES string of the molecule is COc1ccc([C@@H]2C=C[C@@]3(C)C(=O)N(C(=O)OC(C)(C)C)[C@@H](C)[C@H]3[C@H]2c2ccc(Cl)cn2)c(Cl)c1. The van der Waals surface area contributed by atoms with Crippen LogP contribution >= 0.6 is 23.2 Å². The van der Waals surface area contributed by atoms with Crippen molar-refractivity contribution in [1.29, 1.82) is 0 Å². The second-order valence-electron chi connectivity index (χ2n) is 10.4. The van der Waals surface area contributed by atoms with Crippen molar-refractivity contribution in [2.75, 3.05) is 7.11 Å². The van der Waals surface area contributed by atoms with Gasteiger partial charge in [-0.3, -0.25) is 9.78 Å². The standard InChI is InChI=1S/C27H30Cl2N2O4/c1-15-23-22(21-10-7-16(28)14-30-21)19(18-9-8-17(34-6)13-20(18)29)11-12-27(23,5)24(32)31(15)25(33)35-26(2,3)4/h7-15,19,22-23H,1-6H3/t15-,19-,22+,23-,27+/m0/s1. The Morgan fingerprint density at radius 1 is 1.17 bits per heavy atom. The summed E-state index contributed by atoms with van der Waals surface area (Å²) in [4.78, 5) is 32.7. The van der Waals surface area contributed by atoms with Crippen molar-refractivity contribution in [1.82, 2.24) is 9.88 Å². The van der Waals surface area contributed by atoms with Gasteiger partial charge in [0.05, 0.1) is 17.5 Å². The number of ether oxygens (including phenoxy) is 2. The van der Waals surface area contributed by atoms with Gasteiger partial charge in [0, 0.05) is 40.7 Å². The Labute approximate surface area is 216 Å². The number of carbonyl (C=O) groups is 2. The number of nitrogens with zero attached hydrogens (tertiary/aromatic N) is 2. The van der Waals surface area contributed by atoms with Crippen LogP contribution in [0.2, 0.25) is 10.0 Å². The molecule has 1 aliphatic carbocycles. The first-order chi connectivity index (χ1) is 16.4. The fraction of sp³-hybridized carbons (Fsp3) is 0.444. The molecule has 6 nitrogen and oxygen atoms in total. The monoisotopic (exact) mass is 516 g/mol. The van der Waals surface area contributed by atoms with Crippen molar-refractivity contribution in [2.24, 2.45) is 11.3 Å². The predicted molar refractivity (Wildman–Crippen MR) is 136 cm³/mol. The number of aromatic nitrogens is 1. The first-order valence-electron chi connectivity index (χ1n) is 11.6. The van der Waals surface area contributed by atoms with E-state index in [-0.39, 0.29) is 23.7 Å². The fourth-order valence-corrected chi connectivity index (χ4v) is 5.87. The number of rotatable bonds is 3. The number of likely N-dealkylation sites (tertiary alicyclic amines) is 1. The molecule has 0 radical (unpaired) electrons. The summed E-state index contributed by atoms with van der Waals surface area (Å²) in [5.74, 6) is -0.332. The number of hydrogen-bond donors (Lipinski definition) is 0. The third kappa shape index (κ3) is 4.54. The van der Waals surface area contributed by atoms with Gasteiger partial charge in [0.25, 0.3) is 0 Å². The summed E-state index contributed by atoms with van der Waals surface area (Å²) in [5, 5.41) is 1.08. The highest BCUT2D eigenvalue weighted by molar-refractivity contribution is 6.31. The molecule has 0 saturated carbocycles. The van der Waals surface area contributed by atoms with E-state index in [1.807, 2.05) is 44.2 Å². The average molecular weight is 517 g/mol. The molecule has 8 heteroatoms. The smallest absolute Gasteiger partial charge is 0.417 e. The second-order valence-corrected chi connectivity index (χ2v) is 11.2. The fourth-order valence-electron chi connectivity index (χ4n) is 5.47. The van der Waals surface area contributed by atoms with E-state index in [0.29, 0.717) is 15.8 Å². The summed E-state index contributed by atoms with van der Waals surface area (Å²) in [5.41, 5.74) is 0.0238. The van der Waals surface area contributed by atoms with Crippen LogP contribution in [-0.2, 0) is 9.53 Å². The summed E-state index contributed by atoms with van der Waals surface area (Å²) in [6.07, 6.45) is 4.89. The number of methoxy groups -OCH3 is 1. The molecule has 0 bridgehead atoms. The van der Waals surface area contributed by atoms with E-state index in [1.54, 1.807) is 46.2 Å². The third-order valence-electron chi connectivity index (χ3n) is 6.97. The molecule has 0 spiro atoms. The number of pyridine rings is 1. The Bertz CT molecular complexity index is 1170. The lowest BCUT2D eigenvalue weighted by molar-refractivity contribution is -0.133. The highest BCUT2D eigenvalue weighted by Crippen LogP contribution is 2.58. The molecule has 4 rings (SSSR count). The molecule has 0 unspecified atom stereocenters. The summed E-state index contributed by atoms with van der Waals surface area (Å²) in [7, 11) is 1.59. The van der Waals surface area contributed by atoms with E-state index in [0.717, 1.165) is 11.3 Å². The molecule has 1 aromatic heterocycles. The lowest BCUT2D eigenvalue weighted by Crippen LogP contribution is -2.43. The zero-order valence-electron chi connectivity index (χ0n) is 20.7. The lowest BCUT2D eigenvalue weighted by atomic mass is 9.60. The van der Waals surface area contributed by atoms with E-state index in [4.69, 9.17) is 32.7 Å². The Kier molecular flexibility index (Phi) is 6.66. The second kappa shape index (κ2) is 9.14. The van der Waals surface area contributed by atoms with Crippen LogP contribution in [0.1, 0.15) is 57.7 Å². The summed E-state index contributed by atoms with van der Waals surface area (Å²) < 4.78 is 10.9. The number of benzene rings is 1. The van der Waals surface area contributed by atoms with Gasteiger partial charge in [-0.05, 0) is 64.4 Å². The molecule has 0 N–H and O–H groups in total. The first kappa shape index (κ1) is 25.5. The lowest BCUT2D eigenvalue weighted by Gasteiger charge is -2.42. The quantitative estimate of drug-likeness (QED) is 0.428. The van der Waals surface area contributed by atoms with Crippen molar-refractivity contribution in [2.45, 2.75) is 58.1 Å². The molecule has 5 atom stereocenters. The molecular weight excluding hydrogens is 487 g/mol. The minimum absolute atomic E-state index is 0.186. The number of carbonyl (C=O) groups excluding carboxylic acids is 2. The Hall–Kier alpha value is -2.57. The zero-order chi connectivity index (χ0) is 25.7. The Morgan fingerprint density at radius 2 is 1.89 bits per heavy atom. The van der Waals surface area contributed by atoms with Crippen LogP contribution < -0.4 is 4.74 Å². The maximum absolute atomic E-state index is 13.7. The summed E-state index contributed by atoms with van der Waals surface area (Å²) >= 11 is 12.9. The van der Waals surface area contributed by atoms with Crippen LogP contribution in [0.15, 0.2) is 48.7 Å². The third-order valence-corrected chi connectivity index (χ3v) is 7.52. The van der Waals surface area contributed by atoms with E-state index in [2.05, 4.69) is 4.98 Å². The van der Waals surface area contributed by atoms with Crippen molar-refractivity contribution >= 4 is 35.2 Å². The summed E-state index contributed by atoms with van der Waals surface area (Å²) in [6.45, 7) is 9.13. The zero-order valence-corrected chi connectivity index (χ0v) is 22.2. The van der Waals surface area contributed by atoms with Crippen molar-refractivity contribution in [3.63, 3.8) is 0 Å². The van der Waals surface area contributed by atoms with Gasteiger partial charge in [-0.25, -0.2) is 9.69 Å². The number of allylic oxidation sites excluding steroid dienone is 1. The Morgan fingerprint density at radius 3 is 2.46 bits per heavy atom. The average Bonchev–Trinajstić information content (AvgIpc) is 2.98. The van der Waals surface area contributed by atoms with Crippen LogP contribution in [-0.4, -0.2) is 40.6 Å². The maximum atomic E-state index is 13.7. The first-order valence-corrected chi connectivity index (χ1v) is 12.3. The van der Waals surface area contributed by atoms with Gasteiger partial charge in [0.2, 0.25) is 5.91 Å². The van der Waals surface area contributed by atoms with Crippen LogP contribution in [0.5, 0.6) is 5.75 Å². The highest BCUT2D eigenvalue weighted by atomic mass is 35.5. The molecule has 35 heavy (non-hydrogen) atoms. The number of halogens is 2. The van der Waals surface area contributed by atoms with Crippen LogP contribution in [0.4, 0.5) is 4.79 Å². The van der Waals surface area contributed by atoms with Crippen LogP contribution in [0.3, 0.4) is 0 Å². The molecular formula is C27H30Cl2N2O4. The number of imide groups is 1. The van der Waals surface area contributed by atoms with Gasteiger partial charge in [0.1, 0.15) is 11.4 Å². The minimum atomic E-state index is -0.919. The Balaban J connectivity index is 1.85. The van der Waals surface area contributed by atoms with Gasteiger partial charge in [-0.15, -0.1) is 0 Å². The number of fused-ring (bicyclic) bond motifs is 1. The maximum Gasteiger partial charge on any atom is 0.417 e. The van der Waals surface area contributed by atoms with Crippen LogP contribution in [0, 0.1) is 11.3 Å². The molecule has 2 heterocycles. The molecule has 1 aliphatic heterocycles. The molecule has 1 saturated heterocycles. The van der Waals surface area contributed by atoms with E-state index in [9.17, 15) is 9.59 Å². The molecule has 186 valence electrons. The number of amides is 2. The largest absolute Gasteiger partial charge is 0.497 e. The van der Waals surface area contributed by atoms with Crippen molar-refractivity contribution in [3.8, 4) is 5.75 Å². The van der Waals surface area contributed by atoms with Crippen LogP contribution in [0.25, 0.3) is 0 Å². The minimum Gasteiger partial charge on any atom is -0.497 e. The molecule has 2 amide bonds. The molecule has 2 aliphatic rings. The number of hydrogen-bond acceptors (Lipinski definition) is 5. The summed E-state index contributed by atoms with van der Waals surface area (Å²) in [6, 6.07) is 8.82. The van der Waals surface area contributed by atoms with Gasteiger partial charge < -0.3 is 9.47 Å². The van der Waals surface area contributed by atoms with Gasteiger partial charge in [-0.1, -0.05) is 41.4 Å². The normalized spacial score (nSPS) is 28.1.